The lowest BCUT2D eigenvalue weighted by atomic mass is 10.1. The average Bonchev–Trinajstić information content (AvgIpc) is 2.65. The molecule has 2 atom stereocenters. The van der Waals surface area contributed by atoms with E-state index in [1.165, 1.54) is 25.9 Å². The van der Waals surface area contributed by atoms with Crippen LogP contribution in [0.5, 0.6) is 0 Å². The van der Waals surface area contributed by atoms with Crippen molar-refractivity contribution >= 4 is 5.91 Å². The van der Waals surface area contributed by atoms with E-state index in [2.05, 4.69) is 11.8 Å². The van der Waals surface area contributed by atoms with Crippen molar-refractivity contribution < 1.29 is 4.79 Å². The summed E-state index contributed by atoms with van der Waals surface area (Å²) in [6.45, 7) is 6.26. The van der Waals surface area contributed by atoms with Crippen molar-refractivity contribution in [3.8, 4) is 0 Å². The van der Waals surface area contributed by atoms with E-state index in [4.69, 9.17) is 5.73 Å². The maximum absolute atomic E-state index is 11.4. The number of rotatable bonds is 3. The fourth-order valence-corrected chi connectivity index (χ4v) is 2.32. The molecular formula is C10H19N3O. The van der Waals surface area contributed by atoms with E-state index in [1.807, 2.05) is 4.90 Å². The van der Waals surface area contributed by atoms with Gasteiger partial charge in [0.05, 0.1) is 0 Å². The number of β-lactam (4-membered cyclic amide) rings is 1. The first-order valence-electron chi connectivity index (χ1n) is 5.47. The highest BCUT2D eigenvalue weighted by Crippen LogP contribution is 2.15. The van der Waals surface area contributed by atoms with E-state index in [9.17, 15) is 4.79 Å². The second-order valence-electron chi connectivity index (χ2n) is 4.45. The van der Waals surface area contributed by atoms with Gasteiger partial charge in [-0.05, 0) is 32.9 Å². The third-order valence-electron chi connectivity index (χ3n) is 3.25. The molecule has 0 radical (unpaired) electrons. The van der Waals surface area contributed by atoms with Crippen LogP contribution in [0.2, 0.25) is 0 Å². The molecule has 2 N–H and O–H groups in total. The number of nitrogens with zero attached hydrogens (tertiary/aromatic N) is 2. The smallest absolute Gasteiger partial charge is 0.241 e. The maximum atomic E-state index is 11.4. The van der Waals surface area contributed by atoms with Crippen LogP contribution in [0.1, 0.15) is 19.8 Å². The highest BCUT2D eigenvalue weighted by molar-refractivity contribution is 5.87. The largest absolute Gasteiger partial charge is 0.335 e. The first-order valence-corrected chi connectivity index (χ1v) is 5.47. The van der Waals surface area contributed by atoms with E-state index in [0.29, 0.717) is 6.04 Å². The van der Waals surface area contributed by atoms with E-state index in [0.717, 1.165) is 13.1 Å². The summed E-state index contributed by atoms with van der Waals surface area (Å²) in [4.78, 5) is 15.7. The molecule has 2 aliphatic rings. The first kappa shape index (κ1) is 9.93. The molecule has 0 aromatic carbocycles. The molecule has 4 heteroatoms. The van der Waals surface area contributed by atoms with Gasteiger partial charge in [0.25, 0.3) is 0 Å². The number of hydrogen-bond acceptors (Lipinski definition) is 3. The summed E-state index contributed by atoms with van der Waals surface area (Å²) in [5.41, 5.74) is 5.55. The molecule has 0 saturated carbocycles. The molecule has 2 rings (SSSR count). The van der Waals surface area contributed by atoms with Crippen LogP contribution in [0.3, 0.4) is 0 Å². The number of hydrogen-bond donors (Lipinski definition) is 1. The number of nitrogens with two attached hydrogens (primary N) is 1. The molecular weight excluding hydrogens is 178 g/mol. The van der Waals surface area contributed by atoms with E-state index in [1.54, 1.807) is 0 Å². The quantitative estimate of drug-likeness (QED) is 0.629. The summed E-state index contributed by atoms with van der Waals surface area (Å²) in [5.74, 6) is 0.122. The Bertz CT molecular complexity index is 225. The van der Waals surface area contributed by atoms with Crippen LogP contribution in [0.25, 0.3) is 0 Å². The first-order chi connectivity index (χ1) is 6.68. The SMILES string of the molecule is CC(CN1CCCC1)N1CC(N)C1=O. The fourth-order valence-electron chi connectivity index (χ4n) is 2.32. The van der Waals surface area contributed by atoms with Gasteiger partial charge in [-0.3, -0.25) is 4.79 Å². The molecule has 1 amide bonds. The summed E-state index contributed by atoms with van der Waals surface area (Å²) in [6, 6.07) is 0.108. The minimum Gasteiger partial charge on any atom is -0.335 e. The Kier molecular flexibility index (Phi) is 2.74. The van der Waals surface area contributed by atoms with Gasteiger partial charge in [0.2, 0.25) is 5.91 Å². The molecule has 2 unspecified atom stereocenters. The van der Waals surface area contributed by atoms with Gasteiger partial charge in [0.15, 0.2) is 0 Å². The molecule has 2 aliphatic heterocycles. The lowest BCUT2D eigenvalue weighted by Gasteiger charge is -2.41. The molecule has 0 aromatic rings. The van der Waals surface area contributed by atoms with Gasteiger partial charge in [0, 0.05) is 19.1 Å². The highest BCUT2D eigenvalue weighted by Gasteiger charge is 2.37. The minimum absolute atomic E-state index is 0.122. The lowest BCUT2D eigenvalue weighted by Crippen LogP contribution is -2.64. The second kappa shape index (κ2) is 3.87. The zero-order valence-electron chi connectivity index (χ0n) is 8.78. The molecule has 80 valence electrons. The number of carbonyl (C=O) groups excluding carboxylic acids is 1. The molecule has 0 aliphatic carbocycles. The van der Waals surface area contributed by atoms with Gasteiger partial charge in [0.1, 0.15) is 6.04 Å². The molecule has 14 heavy (non-hydrogen) atoms. The van der Waals surface area contributed by atoms with E-state index >= 15 is 0 Å². The van der Waals surface area contributed by atoms with Crippen LogP contribution in [0, 0.1) is 0 Å². The van der Waals surface area contributed by atoms with E-state index < -0.39 is 0 Å². The standard InChI is InChI=1S/C10H19N3O/c1-8(6-12-4-2-3-5-12)13-7-9(11)10(13)14/h8-9H,2-7,11H2,1H3. The third kappa shape index (κ3) is 1.77. The van der Waals surface area contributed by atoms with Gasteiger partial charge in [-0.2, -0.15) is 0 Å². The topological polar surface area (TPSA) is 49.6 Å². The van der Waals surface area contributed by atoms with Crippen molar-refractivity contribution in [1.29, 1.82) is 0 Å². The number of likely N-dealkylation sites (tertiary alicyclic amines) is 2. The molecule has 0 bridgehead atoms. The van der Waals surface area contributed by atoms with Gasteiger partial charge < -0.3 is 15.5 Å². The normalized spacial score (nSPS) is 30.6. The van der Waals surface area contributed by atoms with Crippen LogP contribution in [-0.4, -0.2) is 54.0 Å². The van der Waals surface area contributed by atoms with E-state index in [-0.39, 0.29) is 11.9 Å². The fraction of sp³-hybridized carbons (Fsp3) is 0.900. The monoisotopic (exact) mass is 197 g/mol. The molecule has 2 heterocycles. The van der Waals surface area contributed by atoms with Crippen molar-refractivity contribution in [1.82, 2.24) is 9.80 Å². The minimum atomic E-state index is -0.226. The Hall–Kier alpha value is -0.610. The third-order valence-corrected chi connectivity index (χ3v) is 3.25. The van der Waals surface area contributed by atoms with Crippen LogP contribution in [0.4, 0.5) is 0 Å². The Balaban J connectivity index is 1.78. The van der Waals surface area contributed by atoms with Crippen molar-refractivity contribution in [3.05, 3.63) is 0 Å². The van der Waals surface area contributed by atoms with Crippen molar-refractivity contribution in [2.24, 2.45) is 5.73 Å². The Morgan fingerprint density at radius 3 is 2.64 bits per heavy atom. The van der Waals surface area contributed by atoms with Crippen LogP contribution in [0.15, 0.2) is 0 Å². The zero-order valence-corrected chi connectivity index (χ0v) is 8.78. The average molecular weight is 197 g/mol. The predicted molar refractivity (Wildman–Crippen MR) is 54.8 cm³/mol. The zero-order chi connectivity index (χ0) is 10.1. The lowest BCUT2D eigenvalue weighted by molar-refractivity contribution is -0.145. The van der Waals surface area contributed by atoms with Gasteiger partial charge in [-0.25, -0.2) is 0 Å². The molecule has 4 nitrogen and oxygen atoms in total. The van der Waals surface area contributed by atoms with Crippen molar-refractivity contribution in [3.63, 3.8) is 0 Å². The highest BCUT2D eigenvalue weighted by atomic mass is 16.2. The number of carbonyl (C=O) groups is 1. The maximum Gasteiger partial charge on any atom is 0.241 e. The van der Waals surface area contributed by atoms with Gasteiger partial charge in [-0.1, -0.05) is 0 Å². The summed E-state index contributed by atoms with van der Waals surface area (Å²) < 4.78 is 0. The molecule has 0 spiro atoms. The Morgan fingerprint density at radius 2 is 2.14 bits per heavy atom. The second-order valence-corrected chi connectivity index (χ2v) is 4.45. The van der Waals surface area contributed by atoms with Crippen LogP contribution >= 0.6 is 0 Å². The van der Waals surface area contributed by atoms with Crippen molar-refractivity contribution in [2.75, 3.05) is 26.2 Å². The number of amides is 1. The Labute approximate surface area is 85.0 Å². The summed E-state index contributed by atoms with van der Waals surface area (Å²) in [7, 11) is 0. The summed E-state index contributed by atoms with van der Waals surface area (Å²) >= 11 is 0. The molecule has 0 aromatic heterocycles. The van der Waals surface area contributed by atoms with Crippen LogP contribution in [-0.2, 0) is 4.79 Å². The van der Waals surface area contributed by atoms with Gasteiger partial charge >= 0.3 is 0 Å². The van der Waals surface area contributed by atoms with Gasteiger partial charge in [-0.15, -0.1) is 0 Å². The van der Waals surface area contributed by atoms with Crippen molar-refractivity contribution in [2.45, 2.75) is 31.8 Å². The summed E-state index contributed by atoms with van der Waals surface area (Å²) in [5, 5.41) is 0. The Morgan fingerprint density at radius 1 is 1.50 bits per heavy atom. The van der Waals surface area contributed by atoms with Crippen LogP contribution < -0.4 is 5.73 Å². The molecule has 2 fully saturated rings. The predicted octanol–water partition coefficient (Wildman–Crippen LogP) is -0.360. The summed E-state index contributed by atoms with van der Waals surface area (Å²) in [6.07, 6.45) is 2.61. The molecule has 2 saturated heterocycles.